The van der Waals surface area contributed by atoms with Crippen LogP contribution in [-0.2, 0) is 4.57 Å². The van der Waals surface area contributed by atoms with Gasteiger partial charge in [-0.3, -0.25) is 0 Å². The van der Waals surface area contributed by atoms with Crippen LogP contribution in [0.2, 0.25) is 0 Å². The molecule has 0 rings (SSSR count). The Hall–Kier alpha value is 0.740. The van der Waals surface area contributed by atoms with Gasteiger partial charge in [-0.2, -0.15) is 0 Å². The second kappa shape index (κ2) is 14.3. The van der Waals surface area contributed by atoms with E-state index >= 15 is 0 Å². The van der Waals surface area contributed by atoms with E-state index in [1.165, 1.54) is 18.5 Å². The summed E-state index contributed by atoms with van der Waals surface area (Å²) < 4.78 is 8.70. The first kappa shape index (κ1) is 18.5. The van der Waals surface area contributed by atoms with E-state index in [9.17, 15) is 0 Å². The van der Waals surface area contributed by atoms with Crippen molar-refractivity contribution in [2.45, 2.75) is 20.8 Å². The third kappa shape index (κ3) is 22.4. The molecule has 0 atom stereocenters. The van der Waals surface area contributed by atoms with E-state index in [-0.39, 0.29) is 20.3 Å². The highest BCUT2D eigenvalue weighted by Gasteiger charge is 2.03. The SMILES string of the molecule is CC[PH+](CC)CC.O=[P+](O)O.[Cl-]. The van der Waals surface area contributed by atoms with Gasteiger partial charge in [0.15, 0.2) is 0 Å². The highest BCUT2D eigenvalue weighted by Crippen LogP contribution is 2.32. The Bertz CT molecular complexity index is 89.3. The minimum atomic E-state index is -2.87. The number of hydrogen-bond acceptors (Lipinski definition) is 1. The molecular formula is C6H18ClO3P2+. The first-order chi connectivity index (χ1) is 5.08. The molecule has 0 aliphatic carbocycles. The predicted octanol–water partition coefficient (Wildman–Crippen LogP) is -1.11. The minimum absolute atomic E-state index is 0. The standard InChI is InChI=1S/C6H15P.ClH.HO3P/c1-4-7(5-2)6-3;;1-4(2)3/h4-6H2,1-3H3;1H;(H-,1,2,3)/p+1. The van der Waals surface area contributed by atoms with Crippen molar-refractivity contribution < 1.29 is 26.8 Å². The zero-order valence-corrected chi connectivity index (χ0v) is 10.4. The van der Waals surface area contributed by atoms with Crippen molar-refractivity contribution in [3.8, 4) is 0 Å². The molecule has 2 N–H and O–H groups in total. The Morgan fingerprint density at radius 3 is 1.25 bits per heavy atom. The van der Waals surface area contributed by atoms with Gasteiger partial charge in [-0.1, -0.05) is 0 Å². The molecule has 0 bridgehead atoms. The molecule has 0 saturated carbocycles. The molecule has 0 aliphatic rings. The summed E-state index contributed by atoms with van der Waals surface area (Å²) >= 11 is 0. The summed E-state index contributed by atoms with van der Waals surface area (Å²) in [5.74, 6) is 0. The fourth-order valence-corrected chi connectivity index (χ4v) is 2.25. The third-order valence-corrected chi connectivity index (χ3v) is 4.50. The van der Waals surface area contributed by atoms with Crippen LogP contribution in [0.3, 0.4) is 0 Å². The van der Waals surface area contributed by atoms with E-state index in [1.54, 1.807) is 0 Å². The molecule has 0 aliphatic heterocycles. The van der Waals surface area contributed by atoms with E-state index in [2.05, 4.69) is 20.8 Å². The van der Waals surface area contributed by atoms with E-state index in [0.717, 1.165) is 0 Å². The van der Waals surface area contributed by atoms with E-state index in [0.29, 0.717) is 0 Å². The molecule has 0 radical (unpaired) electrons. The van der Waals surface area contributed by atoms with Gasteiger partial charge >= 0.3 is 8.25 Å². The lowest BCUT2D eigenvalue weighted by atomic mass is 10.9. The van der Waals surface area contributed by atoms with Crippen LogP contribution < -0.4 is 12.4 Å². The van der Waals surface area contributed by atoms with Gasteiger partial charge in [-0.15, -0.1) is 9.79 Å². The van der Waals surface area contributed by atoms with Crippen molar-refractivity contribution in [3.63, 3.8) is 0 Å². The Kier molecular flexibility index (Phi) is 22.0. The zero-order chi connectivity index (χ0) is 9.28. The number of rotatable bonds is 3. The van der Waals surface area contributed by atoms with Crippen molar-refractivity contribution in [2.75, 3.05) is 18.5 Å². The van der Waals surface area contributed by atoms with Gasteiger partial charge in [0.1, 0.15) is 0 Å². The maximum Gasteiger partial charge on any atom is 0.692 e. The van der Waals surface area contributed by atoms with Crippen molar-refractivity contribution >= 4 is 16.2 Å². The molecule has 3 nitrogen and oxygen atoms in total. The molecule has 0 heterocycles. The molecule has 0 aromatic carbocycles. The van der Waals surface area contributed by atoms with Crippen LogP contribution in [-0.4, -0.2) is 28.3 Å². The van der Waals surface area contributed by atoms with Crippen LogP contribution in [0.4, 0.5) is 0 Å². The highest BCUT2D eigenvalue weighted by molar-refractivity contribution is 7.57. The van der Waals surface area contributed by atoms with Crippen LogP contribution >= 0.6 is 16.2 Å². The van der Waals surface area contributed by atoms with Crippen LogP contribution in [0.25, 0.3) is 0 Å². The molecule has 0 amide bonds. The van der Waals surface area contributed by atoms with Gasteiger partial charge < -0.3 is 12.4 Å². The maximum absolute atomic E-state index is 8.70. The monoisotopic (exact) mass is 235 g/mol. The number of halogens is 1. The molecule has 76 valence electrons. The second-order valence-corrected chi connectivity index (χ2v) is 6.19. The van der Waals surface area contributed by atoms with Gasteiger partial charge in [0.2, 0.25) is 0 Å². The van der Waals surface area contributed by atoms with Gasteiger partial charge in [-0.25, -0.2) is 0 Å². The summed E-state index contributed by atoms with van der Waals surface area (Å²) in [6, 6.07) is 0. The van der Waals surface area contributed by atoms with Crippen LogP contribution in [0.15, 0.2) is 0 Å². The molecule has 0 saturated heterocycles. The smallest absolute Gasteiger partial charge is 0.692 e. The Balaban J connectivity index is -0.000000142. The minimum Gasteiger partial charge on any atom is -1.00 e. The third-order valence-electron chi connectivity index (χ3n) is 1.50. The summed E-state index contributed by atoms with van der Waals surface area (Å²) in [5.41, 5.74) is 0. The quantitative estimate of drug-likeness (QED) is 0.610. The maximum atomic E-state index is 8.70. The molecule has 0 spiro atoms. The molecule has 0 aromatic heterocycles. The van der Waals surface area contributed by atoms with E-state index in [4.69, 9.17) is 14.4 Å². The van der Waals surface area contributed by atoms with Gasteiger partial charge in [0, 0.05) is 4.57 Å². The summed E-state index contributed by atoms with van der Waals surface area (Å²) in [6.45, 7) is 6.92. The lowest BCUT2D eigenvalue weighted by molar-refractivity contribution is -0.00000711. The van der Waals surface area contributed by atoms with Gasteiger partial charge in [0.25, 0.3) is 0 Å². The predicted molar refractivity (Wildman–Crippen MR) is 52.0 cm³/mol. The van der Waals surface area contributed by atoms with E-state index < -0.39 is 8.25 Å². The molecule has 0 fully saturated rings. The fourth-order valence-electron chi connectivity index (χ4n) is 0.750. The molecule has 6 heteroatoms. The number of hydrogen-bond donors (Lipinski definition) is 2. The Morgan fingerprint density at radius 1 is 1.08 bits per heavy atom. The van der Waals surface area contributed by atoms with Crippen LogP contribution in [0, 0.1) is 0 Å². The lowest BCUT2D eigenvalue weighted by Crippen LogP contribution is -3.00. The molecule has 0 unspecified atom stereocenters. The van der Waals surface area contributed by atoms with Crippen LogP contribution in [0.1, 0.15) is 20.8 Å². The molecular weight excluding hydrogens is 217 g/mol. The highest BCUT2D eigenvalue weighted by atomic mass is 35.5. The first-order valence-electron chi connectivity index (χ1n) is 3.76. The average molecular weight is 236 g/mol. The average Bonchev–Trinajstić information content (AvgIpc) is 1.90. The first-order valence-corrected chi connectivity index (χ1v) is 7.05. The van der Waals surface area contributed by atoms with Gasteiger partial charge in [0.05, 0.1) is 18.5 Å². The van der Waals surface area contributed by atoms with Crippen molar-refractivity contribution in [2.24, 2.45) is 0 Å². The summed E-state index contributed by atoms with van der Waals surface area (Å²) in [6.07, 6.45) is 4.37. The largest absolute Gasteiger partial charge is 1.00 e. The normalized spacial score (nSPS) is 8.17. The summed E-state index contributed by atoms with van der Waals surface area (Å²) in [4.78, 5) is 14.2. The Labute approximate surface area is 82.7 Å². The van der Waals surface area contributed by atoms with Crippen LogP contribution in [0.5, 0.6) is 0 Å². The lowest BCUT2D eigenvalue weighted by Gasteiger charge is -1.98. The van der Waals surface area contributed by atoms with E-state index in [1.807, 2.05) is 0 Å². The topological polar surface area (TPSA) is 57.5 Å². The molecule has 12 heavy (non-hydrogen) atoms. The fraction of sp³-hybridized carbons (Fsp3) is 1.00. The zero-order valence-electron chi connectivity index (χ0n) is 7.75. The van der Waals surface area contributed by atoms with Crippen molar-refractivity contribution in [1.29, 1.82) is 0 Å². The summed E-state index contributed by atoms with van der Waals surface area (Å²) in [5, 5.41) is 0. The van der Waals surface area contributed by atoms with Gasteiger partial charge in [-0.05, 0) is 28.7 Å². The second-order valence-electron chi connectivity index (χ2n) is 2.06. The Morgan fingerprint density at radius 2 is 1.25 bits per heavy atom. The molecule has 0 aromatic rings. The van der Waals surface area contributed by atoms with Crippen molar-refractivity contribution in [3.05, 3.63) is 0 Å². The van der Waals surface area contributed by atoms with Crippen molar-refractivity contribution in [1.82, 2.24) is 0 Å². The summed E-state index contributed by atoms with van der Waals surface area (Å²) in [7, 11) is -2.73.